The summed E-state index contributed by atoms with van der Waals surface area (Å²) in [6.45, 7) is 2.32. The molecule has 0 aromatic rings. The van der Waals surface area contributed by atoms with Gasteiger partial charge in [0, 0.05) is 6.42 Å². The van der Waals surface area contributed by atoms with Crippen LogP contribution in [-0.2, 0) is 4.79 Å². The number of nitrogens with zero attached hydrogens (tertiary/aromatic N) is 1. The van der Waals surface area contributed by atoms with Crippen LogP contribution >= 0.6 is 0 Å². The first-order valence-electron chi connectivity index (χ1n) is 4.44. The van der Waals surface area contributed by atoms with Gasteiger partial charge in [0.15, 0.2) is 12.8 Å². The van der Waals surface area contributed by atoms with Crippen molar-refractivity contribution < 1.29 is 9.53 Å². The molecule has 1 rings (SSSR count). The molecule has 0 unspecified atom stereocenters. The summed E-state index contributed by atoms with van der Waals surface area (Å²) in [7, 11) is 0. The van der Waals surface area contributed by atoms with Gasteiger partial charge in [-0.1, -0.05) is 6.08 Å². The largest absolute Gasteiger partial charge is 0.624 e. The first-order valence-corrected chi connectivity index (χ1v) is 4.44. The summed E-state index contributed by atoms with van der Waals surface area (Å²) in [5, 5.41) is 13.6. The van der Waals surface area contributed by atoms with E-state index in [4.69, 9.17) is 0 Å². The van der Waals surface area contributed by atoms with E-state index >= 15 is 0 Å². The molecule has 0 aliphatic carbocycles. The third-order valence-corrected chi connectivity index (χ3v) is 1.89. The van der Waals surface area contributed by atoms with Crippen LogP contribution in [0.4, 0.5) is 0 Å². The molecule has 4 nitrogen and oxygen atoms in total. The van der Waals surface area contributed by atoms with Gasteiger partial charge in [-0.25, -0.2) is 4.74 Å². The zero-order valence-electron chi connectivity index (χ0n) is 7.69. The predicted octanol–water partition coefficient (Wildman–Crippen LogP) is 0.422. The number of allylic oxidation sites excluding steroid dienone is 1. The number of carbonyl (C=O) groups is 1. The van der Waals surface area contributed by atoms with Gasteiger partial charge in [-0.2, -0.15) is 0 Å². The standard InChI is InChI=1S/C9H14N2O2/c1-2-4-9(12)10-8-5-3-6-11(13)7-8/h2,4,7-8H,3,5-6H2,1H3,(H,10,12)/b4-2+/t8-/m0/s1. The molecule has 0 aromatic carbocycles. The summed E-state index contributed by atoms with van der Waals surface area (Å²) in [6, 6.07) is -0.102. The van der Waals surface area contributed by atoms with Crippen molar-refractivity contribution in [2.45, 2.75) is 25.8 Å². The summed E-state index contributed by atoms with van der Waals surface area (Å²) < 4.78 is 0.879. The van der Waals surface area contributed by atoms with Crippen molar-refractivity contribution in [1.82, 2.24) is 5.32 Å². The molecule has 1 amide bonds. The monoisotopic (exact) mass is 182 g/mol. The quantitative estimate of drug-likeness (QED) is 0.382. The number of hydrogen-bond acceptors (Lipinski definition) is 2. The lowest BCUT2D eigenvalue weighted by molar-refractivity contribution is -0.459. The molecule has 1 atom stereocenters. The molecule has 13 heavy (non-hydrogen) atoms. The fourth-order valence-electron chi connectivity index (χ4n) is 1.31. The molecule has 0 saturated carbocycles. The van der Waals surface area contributed by atoms with E-state index in [0.717, 1.165) is 17.6 Å². The zero-order valence-corrected chi connectivity index (χ0v) is 7.69. The third-order valence-electron chi connectivity index (χ3n) is 1.89. The zero-order chi connectivity index (χ0) is 9.68. The van der Waals surface area contributed by atoms with Gasteiger partial charge in [-0.05, 0) is 19.4 Å². The summed E-state index contributed by atoms with van der Waals surface area (Å²) in [6.07, 6.45) is 6.33. The Balaban J connectivity index is 2.45. The maximum Gasteiger partial charge on any atom is 0.244 e. The van der Waals surface area contributed by atoms with E-state index in [1.807, 2.05) is 0 Å². The minimum absolute atomic E-state index is 0.102. The maximum atomic E-state index is 11.1. The summed E-state index contributed by atoms with van der Waals surface area (Å²) in [5.74, 6) is -0.140. The van der Waals surface area contributed by atoms with Crippen LogP contribution in [0.5, 0.6) is 0 Å². The Hall–Kier alpha value is -1.32. The van der Waals surface area contributed by atoms with Crippen molar-refractivity contribution in [3.05, 3.63) is 17.4 Å². The van der Waals surface area contributed by atoms with Gasteiger partial charge >= 0.3 is 0 Å². The van der Waals surface area contributed by atoms with Gasteiger partial charge in [-0.15, -0.1) is 0 Å². The van der Waals surface area contributed by atoms with Crippen LogP contribution in [-0.4, -0.2) is 29.4 Å². The van der Waals surface area contributed by atoms with Gasteiger partial charge in [0.1, 0.15) is 6.04 Å². The molecule has 0 fully saturated rings. The first kappa shape index (κ1) is 9.77. The minimum atomic E-state index is -0.140. The normalized spacial score (nSPS) is 22.8. The molecule has 72 valence electrons. The van der Waals surface area contributed by atoms with E-state index < -0.39 is 0 Å². The van der Waals surface area contributed by atoms with Crippen molar-refractivity contribution in [3.63, 3.8) is 0 Å². The molecule has 1 heterocycles. The highest BCUT2D eigenvalue weighted by Crippen LogP contribution is 2.01. The average Bonchev–Trinajstić information content (AvgIpc) is 2.04. The molecule has 0 saturated heterocycles. The molecule has 0 radical (unpaired) electrons. The lowest BCUT2D eigenvalue weighted by Crippen LogP contribution is -2.39. The number of amides is 1. The summed E-state index contributed by atoms with van der Waals surface area (Å²) >= 11 is 0. The number of hydrogen-bond donors (Lipinski definition) is 1. The Morgan fingerprint density at radius 3 is 3.15 bits per heavy atom. The molecule has 1 N–H and O–H groups in total. The molecule has 1 aliphatic heterocycles. The molecule has 0 bridgehead atoms. The number of hydroxylamine groups is 1. The van der Waals surface area contributed by atoms with Crippen LogP contribution < -0.4 is 5.32 Å². The van der Waals surface area contributed by atoms with Crippen LogP contribution in [0.15, 0.2) is 12.2 Å². The second kappa shape index (κ2) is 4.64. The number of nitrogens with one attached hydrogen (secondary N) is 1. The smallest absolute Gasteiger partial charge is 0.244 e. The topological polar surface area (TPSA) is 55.2 Å². The third kappa shape index (κ3) is 3.27. The predicted molar refractivity (Wildman–Crippen MR) is 50.5 cm³/mol. The fourth-order valence-corrected chi connectivity index (χ4v) is 1.31. The number of rotatable bonds is 2. The Morgan fingerprint density at radius 2 is 2.54 bits per heavy atom. The lowest BCUT2D eigenvalue weighted by atomic mass is 10.1. The molecule has 0 spiro atoms. The van der Waals surface area contributed by atoms with E-state index in [-0.39, 0.29) is 11.9 Å². The lowest BCUT2D eigenvalue weighted by Gasteiger charge is -2.17. The van der Waals surface area contributed by atoms with Crippen molar-refractivity contribution in [2.75, 3.05) is 6.54 Å². The Labute approximate surface area is 77.5 Å². The van der Waals surface area contributed by atoms with E-state index in [9.17, 15) is 10.0 Å². The van der Waals surface area contributed by atoms with Crippen LogP contribution in [0.3, 0.4) is 0 Å². The van der Waals surface area contributed by atoms with Gasteiger partial charge in [0.25, 0.3) is 0 Å². The first-order chi connectivity index (χ1) is 6.22. The van der Waals surface area contributed by atoms with Crippen molar-refractivity contribution >= 4 is 12.1 Å². The molecule has 0 aromatic heterocycles. The van der Waals surface area contributed by atoms with Crippen LogP contribution in [0.2, 0.25) is 0 Å². The highest BCUT2D eigenvalue weighted by atomic mass is 16.5. The van der Waals surface area contributed by atoms with Crippen molar-refractivity contribution in [1.29, 1.82) is 0 Å². The van der Waals surface area contributed by atoms with Gasteiger partial charge < -0.3 is 10.5 Å². The minimum Gasteiger partial charge on any atom is -0.624 e. The second-order valence-corrected chi connectivity index (χ2v) is 3.05. The van der Waals surface area contributed by atoms with Gasteiger partial charge in [0.2, 0.25) is 5.91 Å². The molecule has 1 aliphatic rings. The van der Waals surface area contributed by atoms with E-state index in [0.29, 0.717) is 6.54 Å². The van der Waals surface area contributed by atoms with E-state index in [1.165, 1.54) is 12.3 Å². The van der Waals surface area contributed by atoms with Crippen LogP contribution in [0.25, 0.3) is 0 Å². The molecular weight excluding hydrogens is 168 g/mol. The highest BCUT2D eigenvalue weighted by molar-refractivity contribution is 5.89. The van der Waals surface area contributed by atoms with Gasteiger partial charge in [-0.3, -0.25) is 4.79 Å². The van der Waals surface area contributed by atoms with E-state index in [2.05, 4.69) is 5.32 Å². The fraction of sp³-hybridized carbons (Fsp3) is 0.556. The van der Waals surface area contributed by atoms with Crippen molar-refractivity contribution in [3.8, 4) is 0 Å². The summed E-state index contributed by atoms with van der Waals surface area (Å²) in [4.78, 5) is 11.1. The average molecular weight is 182 g/mol. The SMILES string of the molecule is C/C=C/C(=O)N[C@@H]1C=[N+]([O-])CCC1. The Kier molecular flexibility index (Phi) is 3.49. The Morgan fingerprint density at radius 1 is 1.77 bits per heavy atom. The molecule has 4 heteroatoms. The van der Waals surface area contributed by atoms with Gasteiger partial charge in [0.05, 0.1) is 0 Å². The second-order valence-electron chi connectivity index (χ2n) is 3.05. The molecular formula is C9H14N2O2. The number of carbonyl (C=O) groups excluding carboxylic acids is 1. The summed E-state index contributed by atoms with van der Waals surface area (Å²) in [5.41, 5.74) is 0. The van der Waals surface area contributed by atoms with Crippen LogP contribution in [0, 0.1) is 5.21 Å². The van der Waals surface area contributed by atoms with Crippen molar-refractivity contribution in [2.24, 2.45) is 0 Å². The maximum absolute atomic E-state index is 11.1. The Bertz CT molecular complexity index is 246. The van der Waals surface area contributed by atoms with E-state index in [1.54, 1.807) is 13.0 Å². The highest BCUT2D eigenvalue weighted by Gasteiger charge is 2.16. The van der Waals surface area contributed by atoms with Crippen LogP contribution in [0.1, 0.15) is 19.8 Å².